The van der Waals surface area contributed by atoms with Gasteiger partial charge in [-0.25, -0.2) is 13.2 Å². The van der Waals surface area contributed by atoms with E-state index < -0.39 is 22.8 Å². The molecule has 0 nitrogen and oxygen atoms in total. The van der Waals surface area contributed by atoms with Gasteiger partial charge in [0, 0.05) is 17.7 Å². The van der Waals surface area contributed by atoms with Crippen LogP contribution in [0.3, 0.4) is 0 Å². The SMILES string of the molecule is CCCCCCC(Cl)c1c(F)cc(F)cc1F. The Labute approximate surface area is 105 Å². The lowest BCUT2D eigenvalue weighted by molar-refractivity contribution is 0.511. The maximum absolute atomic E-state index is 13.4. The molecule has 0 saturated carbocycles. The van der Waals surface area contributed by atoms with Crippen LogP contribution in [-0.2, 0) is 0 Å². The van der Waals surface area contributed by atoms with Gasteiger partial charge in [0.05, 0.1) is 5.38 Å². The molecule has 96 valence electrons. The molecule has 0 aliphatic rings. The normalized spacial score (nSPS) is 12.8. The van der Waals surface area contributed by atoms with Crippen LogP contribution in [-0.4, -0.2) is 0 Å². The van der Waals surface area contributed by atoms with Gasteiger partial charge in [0.15, 0.2) is 0 Å². The van der Waals surface area contributed by atoms with Crippen molar-refractivity contribution in [2.45, 2.75) is 44.4 Å². The second-order valence-electron chi connectivity index (χ2n) is 4.10. The fraction of sp³-hybridized carbons (Fsp3) is 0.538. The third-order valence-corrected chi connectivity index (χ3v) is 3.10. The molecule has 0 N–H and O–H groups in total. The molecule has 0 bridgehead atoms. The monoisotopic (exact) mass is 264 g/mol. The van der Waals surface area contributed by atoms with Gasteiger partial charge < -0.3 is 0 Å². The molecular formula is C13H16ClF3. The van der Waals surface area contributed by atoms with E-state index in [1.807, 2.05) is 0 Å². The molecule has 1 unspecified atom stereocenters. The fourth-order valence-electron chi connectivity index (χ4n) is 1.75. The number of alkyl halides is 1. The van der Waals surface area contributed by atoms with Crippen molar-refractivity contribution < 1.29 is 13.2 Å². The lowest BCUT2D eigenvalue weighted by atomic mass is 10.0. The Morgan fingerprint density at radius 3 is 2.18 bits per heavy atom. The van der Waals surface area contributed by atoms with Crippen molar-refractivity contribution in [1.82, 2.24) is 0 Å². The molecule has 0 aliphatic carbocycles. The van der Waals surface area contributed by atoms with E-state index in [1.165, 1.54) is 0 Å². The van der Waals surface area contributed by atoms with Crippen LogP contribution in [0.15, 0.2) is 12.1 Å². The lowest BCUT2D eigenvalue weighted by Crippen LogP contribution is -2.01. The fourth-order valence-corrected chi connectivity index (χ4v) is 2.11. The summed E-state index contributed by atoms with van der Waals surface area (Å²) in [5.41, 5.74) is -0.218. The minimum atomic E-state index is -0.918. The van der Waals surface area contributed by atoms with Gasteiger partial charge in [-0.15, -0.1) is 11.6 Å². The van der Waals surface area contributed by atoms with E-state index in [1.54, 1.807) is 0 Å². The van der Waals surface area contributed by atoms with E-state index >= 15 is 0 Å². The van der Waals surface area contributed by atoms with Crippen molar-refractivity contribution in [3.63, 3.8) is 0 Å². The first-order valence-electron chi connectivity index (χ1n) is 5.84. The quantitative estimate of drug-likeness (QED) is 0.480. The van der Waals surface area contributed by atoms with Gasteiger partial charge in [0.25, 0.3) is 0 Å². The van der Waals surface area contributed by atoms with Crippen molar-refractivity contribution in [2.75, 3.05) is 0 Å². The van der Waals surface area contributed by atoms with Crippen LogP contribution in [0.1, 0.15) is 50.0 Å². The number of benzene rings is 1. The van der Waals surface area contributed by atoms with Gasteiger partial charge >= 0.3 is 0 Å². The van der Waals surface area contributed by atoms with Gasteiger partial charge in [-0.05, 0) is 6.42 Å². The molecule has 0 heterocycles. The Morgan fingerprint density at radius 1 is 1.06 bits per heavy atom. The Kier molecular flexibility index (Phi) is 5.83. The molecule has 0 aliphatic heterocycles. The van der Waals surface area contributed by atoms with Crippen LogP contribution in [0.5, 0.6) is 0 Å². The van der Waals surface area contributed by atoms with Gasteiger partial charge in [-0.2, -0.15) is 0 Å². The van der Waals surface area contributed by atoms with E-state index in [0.717, 1.165) is 25.7 Å². The molecule has 1 aromatic carbocycles. The van der Waals surface area contributed by atoms with Crippen LogP contribution in [0, 0.1) is 17.5 Å². The van der Waals surface area contributed by atoms with Crippen LogP contribution in [0.2, 0.25) is 0 Å². The minimum absolute atomic E-state index is 0.218. The third kappa shape index (κ3) is 4.23. The van der Waals surface area contributed by atoms with Gasteiger partial charge in [0.1, 0.15) is 17.5 Å². The average Bonchev–Trinajstić information content (AvgIpc) is 2.23. The molecule has 0 fully saturated rings. The maximum Gasteiger partial charge on any atom is 0.133 e. The highest BCUT2D eigenvalue weighted by atomic mass is 35.5. The summed E-state index contributed by atoms with van der Waals surface area (Å²) in [5.74, 6) is -2.73. The summed E-state index contributed by atoms with van der Waals surface area (Å²) in [6.07, 6.45) is 4.48. The second kappa shape index (κ2) is 6.90. The van der Waals surface area contributed by atoms with Gasteiger partial charge in [-0.1, -0.05) is 32.6 Å². The van der Waals surface area contributed by atoms with E-state index in [-0.39, 0.29) is 5.56 Å². The summed E-state index contributed by atoms with van der Waals surface area (Å²) in [6, 6.07) is 1.33. The van der Waals surface area contributed by atoms with Crippen molar-refractivity contribution in [3.05, 3.63) is 35.1 Å². The summed E-state index contributed by atoms with van der Waals surface area (Å²) >= 11 is 5.95. The van der Waals surface area contributed by atoms with Gasteiger partial charge in [0.2, 0.25) is 0 Å². The summed E-state index contributed by atoms with van der Waals surface area (Å²) in [4.78, 5) is 0. The predicted octanol–water partition coefficient (Wildman–Crippen LogP) is 5.35. The van der Waals surface area contributed by atoms with Gasteiger partial charge in [-0.3, -0.25) is 0 Å². The topological polar surface area (TPSA) is 0 Å². The number of hydrogen-bond donors (Lipinski definition) is 0. The van der Waals surface area contributed by atoms with Crippen molar-refractivity contribution in [2.24, 2.45) is 0 Å². The number of unbranched alkanes of at least 4 members (excludes halogenated alkanes) is 3. The molecule has 0 amide bonds. The summed E-state index contributed by atoms with van der Waals surface area (Å²) in [6.45, 7) is 2.08. The number of halogens is 4. The van der Waals surface area contributed by atoms with Crippen LogP contribution in [0.4, 0.5) is 13.2 Å². The third-order valence-electron chi connectivity index (χ3n) is 2.67. The highest BCUT2D eigenvalue weighted by molar-refractivity contribution is 6.20. The Hall–Kier alpha value is -0.700. The second-order valence-corrected chi connectivity index (χ2v) is 4.63. The summed E-state index contributed by atoms with van der Waals surface area (Å²) < 4.78 is 39.4. The van der Waals surface area contributed by atoms with Crippen molar-refractivity contribution >= 4 is 11.6 Å². The molecule has 1 rings (SSSR count). The molecule has 0 saturated heterocycles. The maximum atomic E-state index is 13.4. The zero-order valence-electron chi connectivity index (χ0n) is 9.78. The zero-order chi connectivity index (χ0) is 12.8. The van der Waals surface area contributed by atoms with E-state index in [4.69, 9.17) is 11.6 Å². The zero-order valence-corrected chi connectivity index (χ0v) is 10.5. The number of hydrogen-bond acceptors (Lipinski definition) is 0. The Balaban J connectivity index is 2.65. The molecule has 0 radical (unpaired) electrons. The van der Waals surface area contributed by atoms with E-state index in [2.05, 4.69) is 6.92 Å². The Morgan fingerprint density at radius 2 is 1.65 bits per heavy atom. The molecule has 1 aromatic rings. The molecule has 1 atom stereocenters. The van der Waals surface area contributed by atoms with E-state index in [0.29, 0.717) is 18.6 Å². The largest absolute Gasteiger partial charge is 0.207 e. The summed E-state index contributed by atoms with van der Waals surface area (Å²) in [7, 11) is 0. The molecular weight excluding hydrogens is 249 g/mol. The molecule has 0 aromatic heterocycles. The summed E-state index contributed by atoms with van der Waals surface area (Å²) in [5, 5.41) is -0.729. The lowest BCUT2D eigenvalue weighted by Gasteiger charge is -2.11. The first-order chi connectivity index (χ1) is 8.06. The van der Waals surface area contributed by atoms with Crippen LogP contribution in [0.25, 0.3) is 0 Å². The molecule has 0 spiro atoms. The average molecular weight is 265 g/mol. The Bertz CT molecular complexity index is 343. The van der Waals surface area contributed by atoms with Crippen LogP contribution >= 0.6 is 11.6 Å². The van der Waals surface area contributed by atoms with Crippen molar-refractivity contribution in [1.29, 1.82) is 0 Å². The van der Waals surface area contributed by atoms with E-state index in [9.17, 15) is 13.2 Å². The molecule has 17 heavy (non-hydrogen) atoms. The van der Waals surface area contributed by atoms with Crippen molar-refractivity contribution in [3.8, 4) is 0 Å². The molecule has 4 heteroatoms. The number of rotatable bonds is 6. The highest BCUT2D eigenvalue weighted by Gasteiger charge is 2.19. The van der Waals surface area contributed by atoms with Crippen LogP contribution < -0.4 is 0 Å². The standard InChI is InChI=1S/C13H16ClF3/c1-2-3-4-5-6-10(14)13-11(16)7-9(15)8-12(13)17/h7-8,10H,2-6H2,1H3. The highest BCUT2D eigenvalue weighted by Crippen LogP contribution is 2.31. The first kappa shape index (κ1) is 14.4. The smallest absolute Gasteiger partial charge is 0.133 e. The first-order valence-corrected chi connectivity index (χ1v) is 6.28. The predicted molar refractivity (Wildman–Crippen MR) is 63.7 cm³/mol. The minimum Gasteiger partial charge on any atom is -0.207 e.